The van der Waals surface area contributed by atoms with E-state index >= 15 is 0 Å². The van der Waals surface area contributed by atoms with Gasteiger partial charge in [0.2, 0.25) is 0 Å². The molecule has 0 aromatic heterocycles. The maximum Gasteiger partial charge on any atom is 0.343 e. The van der Waals surface area contributed by atoms with E-state index in [2.05, 4.69) is 0 Å². The fourth-order valence-corrected chi connectivity index (χ4v) is 2.55. The highest BCUT2D eigenvalue weighted by Crippen LogP contribution is 2.19. The van der Waals surface area contributed by atoms with Crippen LogP contribution < -0.4 is 4.74 Å². The third-order valence-corrected chi connectivity index (χ3v) is 4.51. The quantitative estimate of drug-likeness (QED) is 0.207. The van der Waals surface area contributed by atoms with Gasteiger partial charge in [-0.3, -0.25) is 4.79 Å². The number of hydrogen-bond donors (Lipinski definition) is 0. The standard InChI is InChI=1S/C15H14O2S.C8H8O.C2H6/c1-11-3-5-12(6-4-11)15(16)17-13-7-9-14(18-2)10-8-13;1-7-2-4-8(6-9)5-3-7;1-2/h3-10H,1-2H3;2-6H,1H3;1-2H3. The molecule has 4 heteroatoms. The van der Waals surface area contributed by atoms with E-state index in [-0.39, 0.29) is 5.97 Å². The summed E-state index contributed by atoms with van der Waals surface area (Å²) in [6.07, 6.45) is 2.85. The molecule has 0 aliphatic carbocycles. The average Bonchev–Trinajstić information content (AvgIpc) is 2.77. The number of benzene rings is 3. The molecule has 0 fully saturated rings. The summed E-state index contributed by atoms with van der Waals surface area (Å²) in [5, 5.41) is 0. The Balaban J connectivity index is 0.000000321. The molecule has 0 heterocycles. The summed E-state index contributed by atoms with van der Waals surface area (Å²) in [7, 11) is 0. The van der Waals surface area contributed by atoms with Crippen molar-refractivity contribution >= 4 is 24.0 Å². The highest BCUT2D eigenvalue weighted by Gasteiger charge is 2.07. The highest BCUT2D eigenvalue weighted by atomic mass is 32.2. The monoisotopic (exact) mass is 408 g/mol. The number of rotatable bonds is 4. The summed E-state index contributed by atoms with van der Waals surface area (Å²) in [4.78, 5) is 23.1. The van der Waals surface area contributed by atoms with E-state index in [1.54, 1.807) is 36.0 Å². The van der Waals surface area contributed by atoms with Crippen molar-refractivity contribution in [3.05, 3.63) is 95.1 Å². The van der Waals surface area contributed by atoms with Gasteiger partial charge < -0.3 is 4.74 Å². The number of ether oxygens (including phenoxy) is 1. The second kappa shape index (κ2) is 13.3. The molecule has 152 valence electrons. The van der Waals surface area contributed by atoms with E-state index in [1.165, 1.54) is 5.56 Å². The maximum absolute atomic E-state index is 11.9. The first-order valence-corrected chi connectivity index (χ1v) is 10.7. The van der Waals surface area contributed by atoms with Crippen LogP contribution in [0.3, 0.4) is 0 Å². The Morgan fingerprint density at radius 1 is 0.793 bits per heavy atom. The number of carbonyl (C=O) groups is 2. The molecule has 0 N–H and O–H groups in total. The summed E-state index contributed by atoms with van der Waals surface area (Å²) in [6.45, 7) is 7.98. The molecule has 0 aliphatic heterocycles. The van der Waals surface area contributed by atoms with E-state index in [0.717, 1.165) is 22.3 Å². The van der Waals surface area contributed by atoms with Crippen LogP contribution >= 0.6 is 11.8 Å². The molecule has 0 atom stereocenters. The van der Waals surface area contributed by atoms with Crippen molar-refractivity contribution in [2.75, 3.05) is 6.26 Å². The lowest BCUT2D eigenvalue weighted by atomic mass is 10.1. The largest absolute Gasteiger partial charge is 0.423 e. The number of thioether (sulfide) groups is 1. The predicted octanol–water partition coefficient (Wildman–Crippen LogP) is 6.77. The molecule has 0 saturated heterocycles. The first kappa shape index (κ1) is 24.2. The summed E-state index contributed by atoms with van der Waals surface area (Å²) in [5.41, 5.74) is 3.60. The molecule has 0 aliphatic rings. The number of aldehydes is 1. The van der Waals surface area contributed by atoms with Gasteiger partial charge in [-0.15, -0.1) is 11.8 Å². The normalized spacial score (nSPS) is 9.28. The van der Waals surface area contributed by atoms with Crippen LogP contribution in [-0.4, -0.2) is 18.5 Å². The zero-order chi connectivity index (χ0) is 21.6. The summed E-state index contributed by atoms with van der Waals surface area (Å²) in [5.74, 6) is 0.241. The molecule has 29 heavy (non-hydrogen) atoms. The lowest BCUT2D eigenvalue weighted by molar-refractivity contribution is 0.0734. The number of hydrogen-bond acceptors (Lipinski definition) is 4. The van der Waals surface area contributed by atoms with Crippen molar-refractivity contribution in [3.63, 3.8) is 0 Å². The SMILES string of the molecule is CC.CSc1ccc(OC(=O)c2ccc(C)cc2)cc1.Cc1ccc(C=O)cc1. The van der Waals surface area contributed by atoms with Crippen LogP contribution in [0.15, 0.2) is 77.7 Å². The molecule has 3 rings (SSSR count). The van der Waals surface area contributed by atoms with Gasteiger partial charge >= 0.3 is 5.97 Å². The van der Waals surface area contributed by atoms with Crippen LogP contribution in [0, 0.1) is 13.8 Å². The molecule has 0 spiro atoms. The van der Waals surface area contributed by atoms with Crippen LogP contribution in [0.4, 0.5) is 0 Å². The zero-order valence-corrected chi connectivity index (χ0v) is 18.5. The van der Waals surface area contributed by atoms with E-state index in [0.29, 0.717) is 11.3 Å². The molecule has 0 bridgehead atoms. The van der Waals surface area contributed by atoms with E-state index < -0.39 is 0 Å². The Kier molecular flexibility index (Phi) is 11.1. The van der Waals surface area contributed by atoms with Crippen LogP contribution in [0.25, 0.3) is 0 Å². The summed E-state index contributed by atoms with van der Waals surface area (Å²) < 4.78 is 5.29. The first-order chi connectivity index (χ1) is 14.0. The molecule has 0 radical (unpaired) electrons. The van der Waals surface area contributed by atoms with E-state index in [4.69, 9.17) is 4.74 Å². The van der Waals surface area contributed by atoms with Crippen LogP contribution in [0.2, 0.25) is 0 Å². The molecule has 3 nitrogen and oxygen atoms in total. The van der Waals surface area contributed by atoms with Gasteiger partial charge in [-0.25, -0.2) is 4.79 Å². The minimum Gasteiger partial charge on any atom is -0.423 e. The van der Waals surface area contributed by atoms with Crippen LogP contribution in [0.5, 0.6) is 5.75 Å². The molecular weight excluding hydrogens is 380 g/mol. The van der Waals surface area contributed by atoms with Crippen molar-refractivity contribution in [2.24, 2.45) is 0 Å². The van der Waals surface area contributed by atoms with Crippen molar-refractivity contribution in [1.82, 2.24) is 0 Å². The van der Waals surface area contributed by atoms with E-state index in [9.17, 15) is 9.59 Å². The van der Waals surface area contributed by atoms with Crippen molar-refractivity contribution < 1.29 is 14.3 Å². The van der Waals surface area contributed by atoms with Gasteiger partial charge in [0.05, 0.1) is 5.56 Å². The third kappa shape index (κ3) is 8.79. The number of esters is 1. The molecule has 0 amide bonds. The second-order valence-electron chi connectivity index (χ2n) is 5.96. The Hall–Kier alpha value is -2.85. The second-order valence-corrected chi connectivity index (χ2v) is 6.84. The zero-order valence-electron chi connectivity index (χ0n) is 17.6. The summed E-state index contributed by atoms with van der Waals surface area (Å²) >= 11 is 1.65. The van der Waals surface area contributed by atoms with Gasteiger partial charge in [-0.05, 0) is 56.5 Å². The molecule has 0 saturated carbocycles. The molecule has 3 aromatic carbocycles. The Morgan fingerprint density at radius 2 is 1.28 bits per heavy atom. The predicted molar refractivity (Wildman–Crippen MR) is 122 cm³/mol. The molecule has 0 unspecified atom stereocenters. The average molecular weight is 409 g/mol. The smallest absolute Gasteiger partial charge is 0.343 e. The van der Waals surface area contributed by atoms with Gasteiger partial charge in [-0.2, -0.15) is 0 Å². The topological polar surface area (TPSA) is 43.4 Å². The van der Waals surface area contributed by atoms with Gasteiger partial charge in [0.1, 0.15) is 12.0 Å². The highest BCUT2D eigenvalue weighted by molar-refractivity contribution is 7.98. The van der Waals surface area contributed by atoms with Crippen molar-refractivity contribution in [1.29, 1.82) is 0 Å². The van der Waals surface area contributed by atoms with Crippen molar-refractivity contribution in [3.8, 4) is 5.75 Å². The molecular formula is C25H28O3S. The number of carbonyl (C=O) groups excluding carboxylic acids is 2. The lowest BCUT2D eigenvalue weighted by Gasteiger charge is -2.05. The van der Waals surface area contributed by atoms with E-state index in [1.807, 2.05) is 82.5 Å². The fraction of sp³-hybridized carbons (Fsp3) is 0.200. The van der Waals surface area contributed by atoms with Gasteiger partial charge in [0.15, 0.2) is 0 Å². The minimum absolute atomic E-state index is 0.327. The Labute approximate surface area is 178 Å². The van der Waals surface area contributed by atoms with Gasteiger partial charge in [-0.1, -0.05) is 61.4 Å². The van der Waals surface area contributed by atoms with Crippen molar-refractivity contribution in [2.45, 2.75) is 32.6 Å². The first-order valence-electron chi connectivity index (χ1n) is 9.46. The lowest BCUT2D eigenvalue weighted by Crippen LogP contribution is -2.08. The summed E-state index contributed by atoms with van der Waals surface area (Å²) in [6, 6.07) is 22.3. The van der Waals surface area contributed by atoms with Gasteiger partial charge in [0, 0.05) is 10.5 Å². The third-order valence-electron chi connectivity index (χ3n) is 3.77. The fourth-order valence-electron chi connectivity index (χ4n) is 2.14. The van der Waals surface area contributed by atoms with Gasteiger partial charge in [0.25, 0.3) is 0 Å². The number of aryl methyl sites for hydroxylation is 2. The van der Waals surface area contributed by atoms with Crippen LogP contribution in [-0.2, 0) is 0 Å². The minimum atomic E-state index is -0.327. The molecule has 3 aromatic rings. The Morgan fingerprint density at radius 3 is 1.72 bits per heavy atom. The van der Waals surface area contributed by atoms with Crippen LogP contribution in [0.1, 0.15) is 45.7 Å². The Bertz CT molecular complexity index is 867. The maximum atomic E-state index is 11.9.